The Morgan fingerprint density at radius 2 is 2.00 bits per heavy atom. The van der Waals surface area contributed by atoms with Crippen LogP contribution in [0.1, 0.15) is 43.9 Å². The second kappa shape index (κ2) is 7.95. The molecule has 0 bridgehead atoms. The molecule has 2 aliphatic rings. The molecule has 1 aromatic rings. The number of carbonyl (C=O) groups excluding carboxylic acids is 1. The van der Waals surface area contributed by atoms with E-state index in [1.165, 1.54) is 16.7 Å². The fourth-order valence-electron chi connectivity index (χ4n) is 3.93. The van der Waals surface area contributed by atoms with E-state index in [0.717, 1.165) is 30.8 Å². The van der Waals surface area contributed by atoms with Gasteiger partial charge in [0.05, 0.1) is 18.9 Å². The van der Waals surface area contributed by atoms with Crippen LogP contribution in [0.4, 0.5) is 14.9 Å². The Morgan fingerprint density at radius 1 is 1.26 bits per heavy atom. The number of anilines is 1. The number of benzene rings is 1. The molecule has 0 saturated heterocycles. The molecule has 27 heavy (non-hydrogen) atoms. The van der Waals surface area contributed by atoms with Crippen LogP contribution in [0.2, 0.25) is 0 Å². The second-order valence-corrected chi connectivity index (χ2v) is 8.33. The Morgan fingerprint density at radius 3 is 2.70 bits per heavy atom. The van der Waals surface area contributed by atoms with Gasteiger partial charge in [0.1, 0.15) is 18.0 Å². The number of hydrogen-bond donors (Lipinski definition) is 0. The van der Waals surface area contributed by atoms with Gasteiger partial charge in [-0.25, -0.2) is 4.79 Å². The molecule has 150 valence electrons. The largest absolute Gasteiger partial charge is 0.490 e. The number of nitrogens with zero attached hydrogens (tertiary/aromatic N) is 2. The molecule has 2 heterocycles. The van der Waals surface area contributed by atoms with Crippen molar-refractivity contribution in [1.82, 2.24) is 4.90 Å². The van der Waals surface area contributed by atoms with Gasteiger partial charge in [-0.15, -0.1) is 0 Å². The highest BCUT2D eigenvalue weighted by molar-refractivity contribution is 5.71. The molecular formula is C21H31FN2O3. The average Bonchev–Trinajstić information content (AvgIpc) is 2.81. The topological polar surface area (TPSA) is 42.0 Å². The van der Waals surface area contributed by atoms with E-state index in [0.29, 0.717) is 32.7 Å². The van der Waals surface area contributed by atoms with Gasteiger partial charge in [0.15, 0.2) is 0 Å². The third-order valence-electron chi connectivity index (χ3n) is 5.17. The van der Waals surface area contributed by atoms with Crippen LogP contribution in [-0.4, -0.2) is 56.1 Å². The Hall–Kier alpha value is -1.98. The lowest BCUT2D eigenvalue weighted by atomic mass is 9.94. The molecule has 0 N–H and O–H groups in total. The maximum absolute atomic E-state index is 12.7. The van der Waals surface area contributed by atoms with Crippen molar-refractivity contribution in [3.63, 3.8) is 0 Å². The third-order valence-corrected chi connectivity index (χ3v) is 5.17. The molecule has 0 atom stereocenters. The number of carbonyl (C=O) groups is 1. The summed E-state index contributed by atoms with van der Waals surface area (Å²) in [6.45, 7) is 10.9. The number of halogens is 1. The van der Waals surface area contributed by atoms with Gasteiger partial charge in [-0.05, 0) is 69.7 Å². The van der Waals surface area contributed by atoms with Gasteiger partial charge in [0.2, 0.25) is 0 Å². The minimum Gasteiger partial charge on any atom is -0.490 e. The lowest BCUT2D eigenvalue weighted by Gasteiger charge is -2.34. The van der Waals surface area contributed by atoms with E-state index in [1.54, 1.807) is 4.90 Å². The normalized spacial score (nSPS) is 16.9. The van der Waals surface area contributed by atoms with Crippen molar-refractivity contribution in [2.75, 3.05) is 44.4 Å². The molecule has 0 radical (unpaired) electrons. The Balaban J connectivity index is 1.83. The van der Waals surface area contributed by atoms with Crippen LogP contribution in [0.3, 0.4) is 0 Å². The molecule has 1 aromatic carbocycles. The first-order valence-electron chi connectivity index (χ1n) is 9.87. The summed E-state index contributed by atoms with van der Waals surface area (Å²) >= 11 is 0. The van der Waals surface area contributed by atoms with Crippen molar-refractivity contribution >= 4 is 11.8 Å². The van der Waals surface area contributed by atoms with Gasteiger partial charge in [0, 0.05) is 19.6 Å². The van der Waals surface area contributed by atoms with E-state index in [4.69, 9.17) is 9.47 Å². The molecule has 0 aromatic heterocycles. The van der Waals surface area contributed by atoms with Gasteiger partial charge < -0.3 is 19.3 Å². The van der Waals surface area contributed by atoms with Gasteiger partial charge >= 0.3 is 6.09 Å². The molecule has 0 aliphatic carbocycles. The smallest absolute Gasteiger partial charge is 0.410 e. The lowest BCUT2D eigenvalue weighted by Crippen LogP contribution is -2.38. The SMILES string of the molecule is Cc1c2c(cc3c1N(CCCF)CCO3)CCN(C(=O)OC(C)(C)C)CC2. The van der Waals surface area contributed by atoms with Gasteiger partial charge in [-0.3, -0.25) is 4.39 Å². The summed E-state index contributed by atoms with van der Waals surface area (Å²) < 4.78 is 24.1. The van der Waals surface area contributed by atoms with Gasteiger partial charge in [-0.1, -0.05) is 0 Å². The number of rotatable bonds is 3. The van der Waals surface area contributed by atoms with Crippen molar-refractivity contribution in [1.29, 1.82) is 0 Å². The molecule has 0 fully saturated rings. The molecule has 0 unspecified atom stereocenters. The van der Waals surface area contributed by atoms with Crippen LogP contribution in [0.5, 0.6) is 5.75 Å². The summed E-state index contributed by atoms with van der Waals surface area (Å²) in [5.74, 6) is 0.891. The predicted molar refractivity (Wildman–Crippen MR) is 105 cm³/mol. The summed E-state index contributed by atoms with van der Waals surface area (Å²) in [4.78, 5) is 16.5. The van der Waals surface area contributed by atoms with Crippen molar-refractivity contribution in [2.24, 2.45) is 0 Å². The number of ether oxygens (including phenoxy) is 2. The highest BCUT2D eigenvalue weighted by Gasteiger charge is 2.28. The first kappa shape index (κ1) is 19.8. The number of fused-ring (bicyclic) bond motifs is 2. The summed E-state index contributed by atoms with van der Waals surface area (Å²) in [5.41, 5.74) is 4.34. The second-order valence-electron chi connectivity index (χ2n) is 8.33. The maximum atomic E-state index is 12.7. The third kappa shape index (κ3) is 4.47. The first-order valence-corrected chi connectivity index (χ1v) is 9.87. The maximum Gasteiger partial charge on any atom is 0.410 e. The van der Waals surface area contributed by atoms with Crippen LogP contribution in [-0.2, 0) is 17.6 Å². The van der Waals surface area contributed by atoms with Gasteiger partial charge in [0.25, 0.3) is 0 Å². The fourth-order valence-corrected chi connectivity index (χ4v) is 3.93. The van der Waals surface area contributed by atoms with E-state index in [-0.39, 0.29) is 12.8 Å². The zero-order valence-electron chi connectivity index (χ0n) is 16.9. The first-order chi connectivity index (χ1) is 12.8. The van der Waals surface area contributed by atoms with E-state index in [2.05, 4.69) is 17.9 Å². The molecular weight excluding hydrogens is 347 g/mol. The van der Waals surface area contributed by atoms with Crippen LogP contribution >= 0.6 is 0 Å². The highest BCUT2D eigenvalue weighted by Crippen LogP contribution is 2.40. The quantitative estimate of drug-likeness (QED) is 0.800. The fraction of sp³-hybridized carbons (Fsp3) is 0.667. The van der Waals surface area contributed by atoms with Crippen LogP contribution in [0, 0.1) is 6.92 Å². The van der Waals surface area contributed by atoms with E-state index >= 15 is 0 Å². The van der Waals surface area contributed by atoms with Crippen LogP contribution in [0.15, 0.2) is 6.07 Å². The zero-order chi connectivity index (χ0) is 19.6. The minimum absolute atomic E-state index is 0.251. The Bertz CT molecular complexity index is 700. The van der Waals surface area contributed by atoms with E-state index in [9.17, 15) is 9.18 Å². The summed E-state index contributed by atoms with van der Waals surface area (Å²) in [6, 6.07) is 2.12. The number of amides is 1. The minimum atomic E-state index is -0.490. The summed E-state index contributed by atoms with van der Waals surface area (Å²) in [7, 11) is 0. The standard InChI is InChI=1S/C21H31FN2O3/c1-15-17-7-11-24(20(25)27-21(2,3)4)10-6-16(17)14-18-19(15)23(9-5-8-22)12-13-26-18/h14H,5-13H2,1-4H3. The van der Waals surface area contributed by atoms with Crippen molar-refractivity contribution in [3.8, 4) is 5.75 Å². The number of hydrogen-bond acceptors (Lipinski definition) is 4. The lowest BCUT2D eigenvalue weighted by molar-refractivity contribution is 0.0258. The van der Waals surface area contributed by atoms with Crippen molar-refractivity contribution in [3.05, 3.63) is 22.8 Å². The Kier molecular flexibility index (Phi) is 5.82. The molecule has 0 saturated carbocycles. The van der Waals surface area contributed by atoms with Crippen molar-refractivity contribution in [2.45, 2.75) is 52.6 Å². The van der Waals surface area contributed by atoms with Gasteiger partial charge in [-0.2, -0.15) is 0 Å². The average molecular weight is 378 g/mol. The molecule has 2 aliphatic heterocycles. The molecule has 1 amide bonds. The van der Waals surface area contributed by atoms with E-state index < -0.39 is 5.60 Å². The number of alkyl halides is 1. The summed E-state index contributed by atoms with van der Waals surface area (Å²) in [6.07, 6.45) is 1.86. The highest BCUT2D eigenvalue weighted by atomic mass is 19.1. The monoisotopic (exact) mass is 378 g/mol. The van der Waals surface area contributed by atoms with Crippen LogP contribution < -0.4 is 9.64 Å². The molecule has 6 heteroatoms. The molecule has 0 spiro atoms. The Labute approximate surface area is 161 Å². The molecule has 3 rings (SSSR count). The summed E-state index contributed by atoms with van der Waals surface area (Å²) in [5, 5.41) is 0. The van der Waals surface area contributed by atoms with Crippen LogP contribution in [0.25, 0.3) is 0 Å². The molecule has 5 nitrogen and oxygen atoms in total. The van der Waals surface area contributed by atoms with Crippen molar-refractivity contribution < 1.29 is 18.7 Å². The zero-order valence-corrected chi connectivity index (χ0v) is 16.9. The predicted octanol–water partition coefficient (Wildman–Crippen LogP) is 3.89. The van der Waals surface area contributed by atoms with E-state index in [1.807, 2.05) is 20.8 Å².